The zero-order chi connectivity index (χ0) is 12.2. The topological polar surface area (TPSA) is 38.3 Å². The van der Waals surface area contributed by atoms with Gasteiger partial charge in [0.05, 0.1) is 13.0 Å². The van der Waals surface area contributed by atoms with Crippen molar-refractivity contribution in [1.29, 1.82) is 0 Å². The third-order valence-corrected chi connectivity index (χ3v) is 3.13. The van der Waals surface area contributed by atoms with Crippen molar-refractivity contribution in [3.8, 4) is 0 Å². The molecule has 0 radical (unpaired) electrons. The molecule has 1 fully saturated rings. The van der Waals surface area contributed by atoms with Crippen LogP contribution in [0.3, 0.4) is 0 Å². The zero-order valence-corrected chi connectivity index (χ0v) is 11.0. The minimum atomic E-state index is -0.0396. The molecule has 0 saturated heterocycles. The summed E-state index contributed by atoms with van der Waals surface area (Å²) >= 11 is 0. The van der Waals surface area contributed by atoms with E-state index in [1.807, 2.05) is 0 Å². The third kappa shape index (κ3) is 4.52. The number of carbonyl (C=O) groups excluding carboxylic acids is 1. The molecule has 3 nitrogen and oxygen atoms in total. The molecule has 0 aliphatic heterocycles. The Hall–Kier alpha value is -0.570. The van der Waals surface area contributed by atoms with E-state index in [0.717, 1.165) is 25.8 Å². The van der Waals surface area contributed by atoms with Gasteiger partial charge in [-0.1, -0.05) is 27.2 Å². The van der Waals surface area contributed by atoms with Crippen molar-refractivity contribution in [2.75, 3.05) is 13.7 Å². The Labute approximate surface area is 98.9 Å². The fourth-order valence-electron chi connectivity index (χ4n) is 2.21. The van der Waals surface area contributed by atoms with Gasteiger partial charge in [0.15, 0.2) is 0 Å². The second kappa shape index (κ2) is 5.67. The number of ether oxygens (including phenoxy) is 1. The van der Waals surface area contributed by atoms with Crippen LogP contribution in [0.5, 0.6) is 0 Å². The van der Waals surface area contributed by atoms with Crippen molar-refractivity contribution in [2.24, 2.45) is 11.3 Å². The van der Waals surface area contributed by atoms with E-state index in [9.17, 15) is 4.79 Å². The highest BCUT2D eigenvalue weighted by atomic mass is 16.5. The van der Waals surface area contributed by atoms with Crippen LogP contribution in [0.25, 0.3) is 0 Å². The number of methoxy groups -OCH3 is 1. The van der Waals surface area contributed by atoms with E-state index in [2.05, 4.69) is 26.1 Å². The van der Waals surface area contributed by atoms with Gasteiger partial charge in [-0.3, -0.25) is 4.79 Å². The smallest absolute Gasteiger partial charge is 0.308 e. The van der Waals surface area contributed by atoms with Gasteiger partial charge in [-0.25, -0.2) is 0 Å². The standard InChI is InChI=1S/C13H25NO2/c1-13(2,3)9-14-11-7-5-6-10(8-11)12(15)16-4/h10-11,14H,5-9H2,1-4H3/t10-,11-/m1/s1. The van der Waals surface area contributed by atoms with Gasteiger partial charge in [-0.15, -0.1) is 0 Å². The van der Waals surface area contributed by atoms with Crippen LogP contribution >= 0.6 is 0 Å². The molecule has 0 heterocycles. The third-order valence-electron chi connectivity index (χ3n) is 3.13. The highest BCUT2D eigenvalue weighted by Crippen LogP contribution is 2.25. The molecule has 16 heavy (non-hydrogen) atoms. The Morgan fingerprint density at radius 2 is 2.06 bits per heavy atom. The summed E-state index contributed by atoms with van der Waals surface area (Å²) in [5.74, 6) is 0.0680. The number of carbonyl (C=O) groups is 1. The average Bonchev–Trinajstić information content (AvgIpc) is 2.25. The van der Waals surface area contributed by atoms with Crippen molar-refractivity contribution in [3.63, 3.8) is 0 Å². The lowest BCUT2D eigenvalue weighted by Crippen LogP contribution is -2.40. The van der Waals surface area contributed by atoms with E-state index in [1.54, 1.807) is 0 Å². The summed E-state index contributed by atoms with van der Waals surface area (Å²) in [7, 11) is 1.48. The van der Waals surface area contributed by atoms with Crippen LogP contribution in [0, 0.1) is 11.3 Å². The highest BCUT2D eigenvalue weighted by Gasteiger charge is 2.28. The maximum Gasteiger partial charge on any atom is 0.308 e. The Morgan fingerprint density at radius 3 is 2.62 bits per heavy atom. The number of rotatable bonds is 3. The normalized spacial score (nSPS) is 26.5. The molecule has 0 aromatic heterocycles. The summed E-state index contributed by atoms with van der Waals surface area (Å²) in [6.07, 6.45) is 4.23. The predicted molar refractivity (Wildman–Crippen MR) is 65.2 cm³/mol. The first-order valence-electron chi connectivity index (χ1n) is 6.23. The minimum absolute atomic E-state index is 0.0396. The lowest BCUT2D eigenvalue weighted by molar-refractivity contribution is -0.146. The van der Waals surface area contributed by atoms with E-state index >= 15 is 0 Å². The Kier molecular flexibility index (Phi) is 4.78. The first-order chi connectivity index (χ1) is 7.42. The quantitative estimate of drug-likeness (QED) is 0.752. The highest BCUT2D eigenvalue weighted by molar-refractivity contribution is 5.72. The molecule has 0 aromatic rings. The fourth-order valence-corrected chi connectivity index (χ4v) is 2.21. The summed E-state index contributed by atoms with van der Waals surface area (Å²) in [5, 5.41) is 3.56. The Bertz CT molecular complexity index is 233. The van der Waals surface area contributed by atoms with Gasteiger partial charge in [0.25, 0.3) is 0 Å². The molecular formula is C13H25NO2. The number of esters is 1. The molecule has 0 unspecified atom stereocenters. The minimum Gasteiger partial charge on any atom is -0.469 e. The van der Waals surface area contributed by atoms with E-state index in [4.69, 9.17) is 4.74 Å². The molecule has 1 aliphatic carbocycles. The summed E-state index contributed by atoms with van der Waals surface area (Å²) in [5.41, 5.74) is 0.304. The fraction of sp³-hybridized carbons (Fsp3) is 0.923. The summed E-state index contributed by atoms with van der Waals surface area (Å²) in [4.78, 5) is 11.5. The number of hydrogen-bond donors (Lipinski definition) is 1. The molecule has 0 amide bonds. The van der Waals surface area contributed by atoms with Crippen molar-refractivity contribution in [1.82, 2.24) is 5.32 Å². The Balaban J connectivity index is 2.36. The van der Waals surface area contributed by atoms with Crippen LogP contribution in [0.1, 0.15) is 46.5 Å². The largest absolute Gasteiger partial charge is 0.469 e. The number of nitrogens with one attached hydrogen (secondary N) is 1. The zero-order valence-electron chi connectivity index (χ0n) is 11.0. The SMILES string of the molecule is COC(=O)[C@@H]1CCC[C@@H](NCC(C)(C)C)C1. The maximum atomic E-state index is 11.5. The summed E-state index contributed by atoms with van der Waals surface area (Å²) in [6.45, 7) is 7.67. The molecule has 3 heteroatoms. The number of hydrogen-bond acceptors (Lipinski definition) is 3. The van der Waals surface area contributed by atoms with Crippen molar-refractivity contribution < 1.29 is 9.53 Å². The van der Waals surface area contributed by atoms with Crippen LogP contribution in [-0.4, -0.2) is 25.7 Å². The van der Waals surface area contributed by atoms with Crippen LogP contribution in [0.2, 0.25) is 0 Å². The van der Waals surface area contributed by atoms with Gasteiger partial charge in [-0.2, -0.15) is 0 Å². The molecule has 1 aliphatic rings. The van der Waals surface area contributed by atoms with Crippen LogP contribution in [0.4, 0.5) is 0 Å². The Morgan fingerprint density at radius 1 is 1.38 bits per heavy atom. The van der Waals surface area contributed by atoms with Crippen molar-refractivity contribution in [2.45, 2.75) is 52.5 Å². The van der Waals surface area contributed by atoms with E-state index in [0.29, 0.717) is 11.5 Å². The second-order valence-corrected chi connectivity index (χ2v) is 6.03. The van der Waals surface area contributed by atoms with Gasteiger partial charge in [0.1, 0.15) is 0 Å². The van der Waals surface area contributed by atoms with Gasteiger partial charge < -0.3 is 10.1 Å². The van der Waals surface area contributed by atoms with E-state index in [-0.39, 0.29) is 11.9 Å². The van der Waals surface area contributed by atoms with Crippen LogP contribution < -0.4 is 5.32 Å². The molecule has 0 aromatic carbocycles. The molecule has 0 bridgehead atoms. The lowest BCUT2D eigenvalue weighted by Gasteiger charge is -2.30. The van der Waals surface area contributed by atoms with Gasteiger partial charge in [0, 0.05) is 12.6 Å². The molecule has 1 rings (SSSR count). The first-order valence-corrected chi connectivity index (χ1v) is 6.23. The van der Waals surface area contributed by atoms with Crippen LogP contribution in [-0.2, 0) is 9.53 Å². The average molecular weight is 227 g/mol. The first kappa shape index (κ1) is 13.5. The summed E-state index contributed by atoms with van der Waals surface area (Å²) < 4.78 is 4.82. The van der Waals surface area contributed by atoms with Crippen molar-refractivity contribution >= 4 is 5.97 Å². The molecular weight excluding hydrogens is 202 g/mol. The van der Waals surface area contributed by atoms with Crippen molar-refractivity contribution in [3.05, 3.63) is 0 Å². The van der Waals surface area contributed by atoms with E-state index in [1.165, 1.54) is 13.5 Å². The monoisotopic (exact) mass is 227 g/mol. The van der Waals surface area contributed by atoms with E-state index < -0.39 is 0 Å². The molecule has 1 N–H and O–H groups in total. The molecule has 2 atom stereocenters. The molecule has 1 saturated carbocycles. The molecule has 0 spiro atoms. The predicted octanol–water partition coefficient (Wildman–Crippen LogP) is 2.35. The maximum absolute atomic E-state index is 11.5. The van der Waals surface area contributed by atoms with Gasteiger partial charge in [-0.05, 0) is 24.7 Å². The lowest BCUT2D eigenvalue weighted by atomic mass is 9.85. The molecule has 94 valence electrons. The summed E-state index contributed by atoms with van der Waals surface area (Å²) in [6, 6.07) is 0.483. The van der Waals surface area contributed by atoms with Crippen LogP contribution in [0.15, 0.2) is 0 Å². The van der Waals surface area contributed by atoms with Gasteiger partial charge >= 0.3 is 5.97 Å². The second-order valence-electron chi connectivity index (χ2n) is 6.03. The van der Waals surface area contributed by atoms with Gasteiger partial charge in [0.2, 0.25) is 0 Å².